The number of carbonyl (C=O) groups excluding carboxylic acids is 2. The van der Waals surface area contributed by atoms with E-state index in [9.17, 15) is 9.59 Å². The zero-order valence-electron chi connectivity index (χ0n) is 21.9. The summed E-state index contributed by atoms with van der Waals surface area (Å²) in [4.78, 5) is 31.6. The van der Waals surface area contributed by atoms with Crippen molar-refractivity contribution in [2.75, 3.05) is 20.2 Å². The molecule has 2 aromatic carbocycles. The standard InChI is InChI=1S/C22H19N3O4/c1-24-10-19(26)25-16(22(24)27)9-14-13-4-2-3-5-15(13)23-20(14)21(25)12-6-7-17-18(8-12)29-11-28-17/h2-8,16,21,23H,9-11H2,1H3/t16-,21?/m1/s1/i1D3,10D2,11D2. The summed E-state index contributed by atoms with van der Waals surface area (Å²) in [5.41, 5.74) is 2.40. The first kappa shape index (κ1) is 10.9. The molecule has 2 amide bonds. The van der Waals surface area contributed by atoms with Crippen molar-refractivity contribution >= 4 is 22.7 Å². The predicted octanol–water partition coefficient (Wildman–Crippen LogP) is 2.21. The third-order valence-corrected chi connectivity index (χ3v) is 5.67. The maximum atomic E-state index is 13.6. The van der Waals surface area contributed by atoms with E-state index in [-0.39, 0.29) is 22.8 Å². The van der Waals surface area contributed by atoms with E-state index in [4.69, 9.17) is 19.1 Å². The number of H-pyrrole nitrogens is 1. The zero-order chi connectivity index (χ0) is 25.8. The molecule has 146 valence electrons. The number of amides is 2. The minimum atomic E-state index is -3.16. The highest BCUT2D eigenvalue weighted by molar-refractivity contribution is 5.97. The van der Waals surface area contributed by atoms with E-state index in [1.54, 1.807) is 6.07 Å². The van der Waals surface area contributed by atoms with Crippen LogP contribution in [0.4, 0.5) is 0 Å². The fourth-order valence-corrected chi connectivity index (χ4v) is 4.40. The third kappa shape index (κ3) is 2.24. The molecule has 0 radical (unpaired) electrons. The summed E-state index contributed by atoms with van der Waals surface area (Å²) in [6, 6.07) is 9.58. The molecule has 3 aliphatic rings. The second-order valence-electron chi connectivity index (χ2n) is 7.18. The lowest BCUT2D eigenvalue weighted by molar-refractivity contribution is -0.157. The van der Waals surface area contributed by atoms with E-state index in [1.807, 2.05) is 24.3 Å². The molecular formula is C22H19N3O4. The van der Waals surface area contributed by atoms with Gasteiger partial charge in [0.1, 0.15) is 8.78 Å². The molecular weight excluding hydrogens is 370 g/mol. The van der Waals surface area contributed by atoms with Gasteiger partial charge in [-0.05, 0) is 29.3 Å². The number of piperazine rings is 1. The quantitative estimate of drug-likeness (QED) is 0.684. The van der Waals surface area contributed by atoms with Gasteiger partial charge in [0.25, 0.3) is 0 Å². The van der Waals surface area contributed by atoms with Gasteiger partial charge in [0.15, 0.2) is 11.5 Å². The highest BCUT2D eigenvalue weighted by Gasteiger charge is 2.47. The van der Waals surface area contributed by atoms with Gasteiger partial charge >= 0.3 is 0 Å². The monoisotopic (exact) mass is 396 g/mol. The van der Waals surface area contributed by atoms with Crippen LogP contribution in [0.2, 0.25) is 0 Å². The molecule has 4 heterocycles. The van der Waals surface area contributed by atoms with E-state index < -0.39 is 44.1 Å². The fraction of sp³-hybridized carbons (Fsp3) is 0.273. The molecule has 0 bridgehead atoms. The average molecular weight is 396 g/mol. The van der Waals surface area contributed by atoms with E-state index >= 15 is 0 Å². The smallest absolute Gasteiger partial charge is 0.245 e. The Labute approximate surface area is 176 Å². The van der Waals surface area contributed by atoms with Crippen LogP contribution in [0.25, 0.3) is 10.9 Å². The van der Waals surface area contributed by atoms with Crippen LogP contribution in [0.3, 0.4) is 0 Å². The molecule has 1 saturated heterocycles. The highest BCUT2D eigenvalue weighted by atomic mass is 16.7. The maximum absolute atomic E-state index is 13.6. The number of benzene rings is 2. The van der Waals surface area contributed by atoms with Gasteiger partial charge < -0.3 is 24.3 Å². The van der Waals surface area contributed by atoms with Crippen LogP contribution in [-0.2, 0) is 16.0 Å². The van der Waals surface area contributed by atoms with Gasteiger partial charge in [-0.25, -0.2) is 0 Å². The number of ether oxygens (including phenoxy) is 2. The van der Waals surface area contributed by atoms with Gasteiger partial charge in [-0.1, -0.05) is 24.3 Å². The molecule has 7 nitrogen and oxygen atoms in total. The summed E-state index contributed by atoms with van der Waals surface area (Å²) >= 11 is 0. The minimum Gasteiger partial charge on any atom is -0.454 e. The minimum absolute atomic E-state index is 0.00379. The van der Waals surface area contributed by atoms with E-state index in [0.29, 0.717) is 16.8 Å². The number of likely N-dealkylation sites (N-methyl/N-ethyl adjacent to an activating group) is 1. The first-order valence-electron chi connectivity index (χ1n) is 12.6. The molecule has 0 saturated carbocycles. The van der Waals surface area contributed by atoms with Gasteiger partial charge in [0.2, 0.25) is 18.6 Å². The van der Waals surface area contributed by atoms with Gasteiger partial charge in [-0.15, -0.1) is 0 Å². The number of hydrogen-bond donors (Lipinski definition) is 1. The highest BCUT2D eigenvalue weighted by Crippen LogP contribution is 2.44. The molecule has 3 aromatic rings. The van der Waals surface area contributed by atoms with Gasteiger partial charge in [0.05, 0.1) is 15.3 Å². The summed E-state index contributed by atoms with van der Waals surface area (Å²) in [6.07, 6.45) is -0.00379. The largest absolute Gasteiger partial charge is 0.454 e. The number of nitrogens with zero attached hydrogens (tertiary/aromatic N) is 2. The fourth-order valence-electron chi connectivity index (χ4n) is 4.40. The second kappa shape index (κ2) is 5.76. The number of nitrogens with one attached hydrogen (secondary N) is 1. The lowest BCUT2D eigenvalue weighted by Gasteiger charge is -2.46. The lowest BCUT2D eigenvalue weighted by Crippen LogP contribution is -2.62. The lowest BCUT2D eigenvalue weighted by atomic mass is 9.86. The van der Waals surface area contributed by atoms with Gasteiger partial charge in [-0.2, -0.15) is 0 Å². The van der Waals surface area contributed by atoms with Crippen molar-refractivity contribution in [2.45, 2.75) is 18.5 Å². The van der Waals surface area contributed by atoms with Crippen molar-refractivity contribution < 1.29 is 28.7 Å². The zero-order valence-corrected chi connectivity index (χ0v) is 14.9. The van der Waals surface area contributed by atoms with Gasteiger partial charge in [0, 0.05) is 34.1 Å². The number of aromatic nitrogens is 1. The van der Waals surface area contributed by atoms with Crippen LogP contribution in [0.1, 0.15) is 32.5 Å². The molecule has 6 rings (SSSR count). The Bertz CT molecular complexity index is 1450. The number of aromatic amines is 1. The number of hydrogen-bond acceptors (Lipinski definition) is 4. The Morgan fingerprint density at radius 1 is 1.17 bits per heavy atom. The molecule has 0 aliphatic carbocycles. The van der Waals surface area contributed by atoms with Crippen LogP contribution in [0.15, 0.2) is 42.5 Å². The molecule has 1 aromatic heterocycles. The Hall–Kier alpha value is -3.48. The Morgan fingerprint density at radius 2 is 2.03 bits per heavy atom. The maximum Gasteiger partial charge on any atom is 0.245 e. The summed E-state index contributed by atoms with van der Waals surface area (Å²) in [5.74, 6) is -1.94. The number of carbonyl (C=O) groups is 2. The van der Waals surface area contributed by atoms with E-state index in [1.165, 1.54) is 12.1 Å². The first-order valence-corrected chi connectivity index (χ1v) is 9.08. The van der Waals surface area contributed by atoms with Crippen LogP contribution in [-0.4, -0.2) is 52.9 Å². The van der Waals surface area contributed by atoms with Crippen LogP contribution >= 0.6 is 0 Å². The normalized spacial score (nSPS) is 30.3. The number of para-hydroxylation sites is 1. The Morgan fingerprint density at radius 3 is 2.93 bits per heavy atom. The van der Waals surface area contributed by atoms with E-state index in [0.717, 1.165) is 15.8 Å². The van der Waals surface area contributed by atoms with Crippen LogP contribution < -0.4 is 9.47 Å². The molecule has 2 atom stereocenters. The molecule has 1 unspecified atom stereocenters. The van der Waals surface area contributed by atoms with Crippen molar-refractivity contribution in [3.63, 3.8) is 0 Å². The number of rotatable bonds is 1. The predicted molar refractivity (Wildman–Crippen MR) is 105 cm³/mol. The molecule has 7 heteroatoms. The van der Waals surface area contributed by atoms with Crippen molar-refractivity contribution in [2.24, 2.45) is 0 Å². The van der Waals surface area contributed by atoms with Crippen molar-refractivity contribution in [1.29, 1.82) is 0 Å². The molecule has 1 N–H and O–H groups in total. The molecule has 1 fully saturated rings. The van der Waals surface area contributed by atoms with E-state index in [2.05, 4.69) is 4.98 Å². The molecule has 3 aliphatic heterocycles. The average Bonchev–Trinajstić information content (AvgIpc) is 3.30. The van der Waals surface area contributed by atoms with Crippen molar-refractivity contribution in [1.82, 2.24) is 14.8 Å². The topological polar surface area (TPSA) is 74.9 Å². The SMILES string of the molecule is [2H]C1([2H])Oc2ccc(C3c4[nH]c5ccccc5c4C[C@@H]4C(=O)N(C([2H])([2H])[2H])C([2H])([2H])C(=O)N34)cc2O1. The molecule has 0 spiro atoms. The van der Waals surface area contributed by atoms with Crippen molar-refractivity contribution in [3.05, 3.63) is 59.3 Å². The van der Waals surface area contributed by atoms with Crippen LogP contribution in [0.5, 0.6) is 11.5 Å². The van der Waals surface area contributed by atoms with Crippen LogP contribution in [0, 0.1) is 0 Å². The van der Waals surface area contributed by atoms with Gasteiger partial charge in [-0.3, -0.25) is 9.59 Å². The molecule has 29 heavy (non-hydrogen) atoms. The third-order valence-electron chi connectivity index (χ3n) is 5.67. The summed E-state index contributed by atoms with van der Waals surface area (Å²) < 4.78 is 65.7. The summed E-state index contributed by atoms with van der Waals surface area (Å²) in [6.45, 7) is -8.66. The van der Waals surface area contributed by atoms with Crippen molar-refractivity contribution in [3.8, 4) is 11.5 Å². The second-order valence-corrected chi connectivity index (χ2v) is 7.18. The Kier molecular flexibility index (Phi) is 2.17. The Balaban J connectivity index is 1.58. The summed E-state index contributed by atoms with van der Waals surface area (Å²) in [7, 11) is 0. The first-order chi connectivity index (χ1) is 16.8. The summed E-state index contributed by atoms with van der Waals surface area (Å²) in [5, 5.41) is 0.795. The number of fused-ring (bicyclic) bond motifs is 5.